The summed E-state index contributed by atoms with van der Waals surface area (Å²) in [6.07, 6.45) is 1.56. The fourth-order valence-corrected chi connectivity index (χ4v) is 3.60. The molecule has 3 rings (SSSR count). The number of nitrogens with zero attached hydrogens (tertiary/aromatic N) is 1. The van der Waals surface area contributed by atoms with Gasteiger partial charge >= 0.3 is 12.1 Å². The number of ether oxygens (including phenoxy) is 2. The molecular formula is C25H27NO6. The van der Waals surface area contributed by atoms with Crippen LogP contribution in [0.1, 0.15) is 44.5 Å². The highest BCUT2D eigenvalue weighted by Gasteiger charge is 2.43. The number of hydrogen-bond acceptors (Lipinski definition) is 6. The van der Waals surface area contributed by atoms with Gasteiger partial charge in [0.2, 0.25) is 0 Å². The zero-order valence-corrected chi connectivity index (χ0v) is 18.7. The molecule has 2 aromatic carbocycles. The number of ketones is 1. The van der Waals surface area contributed by atoms with Gasteiger partial charge in [0.25, 0.3) is 5.91 Å². The maximum Gasteiger partial charge on any atom is 0.417 e. The number of carbonyl (C=O) groups excluding carboxylic acids is 4. The molecule has 0 fully saturated rings. The number of carbonyl (C=O) groups is 4. The van der Waals surface area contributed by atoms with Crippen LogP contribution in [0, 0.1) is 5.92 Å². The Morgan fingerprint density at radius 2 is 1.75 bits per heavy atom. The summed E-state index contributed by atoms with van der Waals surface area (Å²) >= 11 is 0. The standard InChI is InChI=1S/C25H27NO6/c1-5-31-23(29)19(20-12-13-22(28)26(20)24(30)32-25(2,3)4)15-21(27)18-11-10-16-8-6-7-9-17(16)14-18/h6-14,19-20H,5,15H2,1-4H3/t19-,20-/m1/s1. The average molecular weight is 437 g/mol. The van der Waals surface area contributed by atoms with Gasteiger partial charge in [-0.05, 0) is 44.5 Å². The van der Waals surface area contributed by atoms with E-state index in [4.69, 9.17) is 9.47 Å². The molecular weight excluding hydrogens is 410 g/mol. The summed E-state index contributed by atoms with van der Waals surface area (Å²) < 4.78 is 10.5. The smallest absolute Gasteiger partial charge is 0.417 e. The number of Topliss-reactive ketones (excluding diaryl/α,β-unsaturated/α-hetero) is 1. The second-order valence-electron chi connectivity index (χ2n) is 8.59. The van der Waals surface area contributed by atoms with Gasteiger partial charge in [-0.3, -0.25) is 14.4 Å². The topological polar surface area (TPSA) is 90.0 Å². The molecule has 32 heavy (non-hydrogen) atoms. The van der Waals surface area contributed by atoms with Gasteiger partial charge in [0.05, 0.1) is 18.6 Å². The zero-order chi connectivity index (χ0) is 23.5. The van der Waals surface area contributed by atoms with Crippen LogP contribution in [0.3, 0.4) is 0 Å². The number of imide groups is 1. The van der Waals surface area contributed by atoms with Crippen LogP contribution in [0.2, 0.25) is 0 Å². The highest BCUT2D eigenvalue weighted by Crippen LogP contribution is 2.28. The highest BCUT2D eigenvalue weighted by atomic mass is 16.6. The summed E-state index contributed by atoms with van der Waals surface area (Å²) in [5.41, 5.74) is -0.389. The van der Waals surface area contributed by atoms with Crippen LogP contribution in [0.4, 0.5) is 4.79 Å². The van der Waals surface area contributed by atoms with Crippen molar-refractivity contribution in [2.24, 2.45) is 5.92 Å². The van der Waals surface area contributed by atoms with Crippen LogP contribution >= 0.6 is 0 Å². The first kappa shape index (κ1) is 23.2. The quantitative estimate of drug-likeness (QED) is 0.495. The second-order valence-corrected chi connectivity index (χ2v) is 8.59. The van der Waals surface area contributed by atoms with E-state index in [1.807, 2.05) is 30.3 Å². The minimum absolute atomic E-state index is 0.107. The third kappa shape index (κ3) is 5.22. The molecule has 7 nitrogen and oxygen atoms in total. The van der Waals surface area contributed by atoms with Crippen molar-refractivity contribution in [3.63, 3.8) is 0 Å². The van der Waals surface area contributed by atoms with E-state index in [1.165, 1.54) is 12.2 Å². The van der Waals surface area contributed by atoms with Gasteiger partial charge in [0, 0.05) is 18.1 Å². The van der Waals surface area contributed by atoms with Crippen molar-refractivity contribution in [2.75, 3.05) is 6.61 Å². The first-order valence-electron chi connectivity index (χ1n) is 10.5. The molecule has 2 atom stereocenters. The van der Waals surface area contributed by atoms with E-state index in [-0.39, 0.29) is 18.8 Å². The number of esters is 1. The summed E-state index contributed by atoms with van der Waals surface area (Å²) in [4.78, 5) is 51.8. The van der Waals surface area contributed by atoms with Crippen LogP contribution in [0.15, 0.2) is 54.6 Å². The molecule has 0 bridgehead atoms. The van der Waals surface area contributed by atoms with Gasteiger partial charge < -0.3 is 9.47 Å². The van der Waals surface area contributed by atoms with Gasteiger partial charge in [-0.25, -0.2) is 9.69 Å². The van der Waals surface area contributed by atoms with E-state index in [0.29, 0.717) is 5.56 Å². The summed E-state index contributed by atoms with van der Waals surface area (Å²) in [7, 11) is 0. The number of hydrogen-bond donors (Lipinski definition) is 0. The van der Waals surface area contributed by atoms with E-state index in [0.717, 1.165) is 15.7 Å². The Morgan fingerprint density at radius 1 is 1.06 bits per heavy atom. The first-order valence-corrected chi connectivity index (χ1v) is 10.5. The molecule has 0 spiro atoms. The summed E-state index contributed by atoms with van der Waals surface area (Å²) in [5, 5.41) is 1.89. The Balaban J connectivity index is 1.89. The van der Waals surface area contributed by atoms with Crippen molar-refractivity contribution >= 4 is 34.5 Å². The Hall–Kier alpha value is -3.48. The van der Waals surface area contributed by atoms with Gasteiger partial charge in [0.15, 0.2) is 5.78 Å². The molecule has 0 N–H and O–H groups in total. The minimum atomic E-state index is -1.05. The molecule has 1 aliphatic rings. The van der Waals surface area contributed by atoms with E-state index in [1.54, 1.807) is 39.8 Å². The predicted octanol–water partition coefficient (Wildman–Crippen LogP) is 4.29. The summed E-state index contributed by atoms with van der Waals surface area (Å²) in [6.45, 7) is 6.80. The molecule has 0 saturated carbocycles. The summed E-state index contributed by atoms with van der Waals surface area (Å²) in [6, 6.07) is 12.0. The Morgan fingerprint density at radius 3 is 2.41 bits per heavy atom. The largest absolute Gasteiger partial charge is 0.466 e. The lowest BCUT2D eigenvalue weighted by atomic mass is 9.90. The van der Waals surface area contributed by atoms with E-state index in [9.17, 15) is 19.2 Å². The lowest BCUT2D eigenvalue weighted by molar-refractivity contribution is -0.150. The molecule has 0 unspecified atom stereocenters. The van der Waals surface area contributed by atoms with Crippen LogP contribution in [-0.4, -0.2) is 46.9 Å². The van der Waals surface area contributed by atoms with Crippen molar-refractivity contribution in [2.45, 2.75) is 45.8 Å². The first-order chi connectivity index (χ1) is 15.1. The molecule has 168 valence electrons. The maximum absolute atomic E-state index is 13.1. The lowest BCUT2D eigenvalue weighted by Crippen LogP contribution is -2.48. The molecule has 1 heterocycles. The van der Waals surface area contributed by atoms with E-state index in [2.05, 4.69) is 0 Å². The van der Waals surface area contributed by atoms with Crippen LogP contribution in [0.25, 0.3) is 10.8 Å². The lowest BCUT2D eigenvalue weighted by Gasteiger charge is -2.30. The van der Waals surface area contributed by atoms with E-state index < -0.39 is 35.5 Å². The van der Waals surface area contributed by atoms with Crippen molar-refractivity contribution in [1.29, 1.82) is 0 Å². The van der Waals surface area contributed by atoms with Crippen molar-refractivity contribution in [3.8, 4) is 0 Å². The molecule has 0 saturated heterocycles. The number of benzene rings is 2. The number of fused-ring (bicyclic) bond motifs is 1. The van der Waals surface area contributed by atoms with Crippen LogP contribution < -0.4 is 0 Å². The van der Waals surface area contributed by atoms with E-state index >= 15 is 0 Å². The third-order valence-electron chi connectivity index (χ3n) is 5.04. The molecule has 1 aliphatic heterocycles. The Kier molecular flexibility index (Phi) is 6.77. The molecule has 7 heteroatoms. The number of rotatable bonds is 6. The van der Waals surface area contributed by atoms with Gasteiger partial charge in [-0.2, -0.15) is 0 Å². The van der Waals surface area contributed by atoms with Crippen molar-refractivity contribution in [1.82, 2.24) is 4.90 Å². The summed E-state index contributed by atoms with van der Waals surface area (Å²) in [5.74, 6) is -2.59. The molecule has 0 radical (unpaired) electrons. The van der Waals surface area contributed by atoms with Crippen LogP contribution in [-0.2, 0) is 19.1 Å². The molecule has 0 aromatic heterocycles. The zero-order valence-electron chi connectivity index (χ0n) is 18.7. The van der Waals surface area contributed by atoms with Crippen LogP contribution in [0.5, 0.6) is 0 Å². The molecule has 2 amide bonds. The number of amides is 2. The normalized spacial score (nSPS) is 16.8. The monoisotopic (exact) mass is 437 g/mol. The minimum Gasteiger partial charge on any atom is -0.466 e. The third-order valence-corrected chi connectivity index (χ3v) is 5.04. The van der Waals surface area contributed by atoms with Gasteiger partial charge in [-0.1, -0.05) is 42.5 Å². The fraction of sp³-hybridized carbons (Fsp3) is 0.360. The Bertz CT molecular complexity index is 1080. The SMILES string of the molecule is CCOC(=O)[C@H](CC(=O)c1ccc2ccccc2c1)[C@H]1C=CC(=O)N1C(=O)OC(C)(C)C. The molecule has 0 aliphatic carbocycles. The average Bonchev–Trinajstić information content (AvgIpc) is 3.11. The predicted molar refractivity (Wildman–Crippen MR) is 119 cm³/mol. The molecule has 2 aromatic rings. The maximum atomic E-state index is 13.1. The highest BCUT2D eigenvalue weighted by molar-refractivity contribution is 6.04. The van der Waals surface area contributed by atoms with Gasteiger partial charge in [-0.15, -0.1) is 0 Å². The second kappa shape index (κ2) is 9.34. The van der Waals surface area contributed by atoms with Crippen molar-refractivity contribution < 1.29 is 28.7 Å². The fourth-order valence-electron chi connectivity index (χ4n) is 3.60. The Labute approximate surface area is 187 Å². The van der Waals surface area contributed by atoms with Crippen molar-refractivity contribution in [3.05, 3.63) is 60.2 Å². The van der Waals surface area contributed by atoms with Gasteiger partial charge in [0.1, 0.15) is 5.60 Å².